The fourth-order valence-electron chi connectivity index (χ4n) is 3.48. The van der Waals surface area contributed by atoms with E-state index in [0.29, 0.717) is 11.2 Å². The van der Waals surface area contributed by atoms with Crippen molar-refractivity contribution in [3.63, 3.8) is 0 Å². The maximum atomic E-state index is 13.4. The summed E-state index contributed by atoms with van der Waals surface area (Å²) in [6.07, 6.45) is 3.61. The second-order valence-electron chi connectivity index (χ2n) is 6.93. The molecule has 2 N–H and O–H groups in total. The van der Waals surface area contributed by atoms with Gasteiger partial charge >= 0.3 is 0 Å². The lowest BCUT2D eigenvalue weighted by atomic mass is 10.1. The van der Waals surface area contributed by atoms with E-state index in [1.54, 1.807) is 6.07 Å². The highest BCUT2D eigenvalue weighted by atomic mass is 32.2. The molecule has 2 unspecified atom stereocenters. The number of hydrogen-bond acceptors (Lipinski definition) is 3. The third-order valence-electron chi connectivity index (χ3n) is 4.93. The first-order valence-electron chi connectivity index (χ1n) is 9.49. The van der Waals surface area contributed by atoms with Gasteiger partial charge in [0, 0.05) is 49.7 Å². The Morgan fingerprint density at radius 2 is 2.15 bits per heavy atom. The molecule has 144 valence electrons. The van der Waals surface area contributed by atoms with Gasteiger partial charge in [-0.25, -0.2) is 8.78 Å². The normalized spacial score (nSPS) is 23.5. The van der Waals surface area contributed by atoms with Gasteiger partial charge in [-0.15, -0.1) is 0 Å². The number of nitrogens with one attached hydrogen (secondary N) is 2. The van der Waals surface area contributed by atoms with Crippen LogP contribution in [-0.4, -0.2) is 49.7 Å². The number of nitrogens with zero attached hydrogens (tertiary/aromatic N) is 2. The number of rotatable bonds is 6. The number of thioether (sulfide) groups is 1. The summed E-state index contributed by atoms with van der Waals surface area (Å²) in [6.45, 7) is 6.30. The van der Waals surface area contributed by atoms with Gasteiger partial charge in [0.25, 0.3) is 0 Å². The zero-order chi connectivity index (χ0) is 18.4. The Morgan fingerprint density at radius 1 is 1.27 bits per heavy atom. The first kappa shape index (κ1) is 19.3. The largest absolute Gasteiger partial charge is 0.371 e. The van der Waals surface area contributed by atoms with Crippen LogP contribution in [0.25, 0.3) is 0 Å². The third kappa shape index (κ3) is 5.25. The van der Waals surface area contributed by atoms with Crippen LogP contribution in [0, 0.1) is 17.6 Å². The topological polar surface area (TPSA) is 39.7 Å². The molecule has 0 aromatic heterocycles. The summed E-state index contributed by atoms with van der Waals surface area (Å²) in [5.41, 5.74) is 0.749. The summed E-state index contributed by atoms with van der Waals surface area (Å²) < 4.78 is 26.5. The van der Waals surface area contributed by atoms with Crippen LogP contribution in [0.3, 0.4) is 0 Å². The zero-order valence-corrected chi connectivity index (χ0v) is 16.1. The quantitative estimate of drug-likeness (QED) is 0.585. The molecule has 0 spiro atoms. The predicted molar refractivity (Wildman–Crippen MR) is 106 cm³/mol. The van der Waals surface area contributed by atoms with Gasteiger partial charge in [0.2, 0.25) is 0 Å². The number of aliphatic imine (C=N–C) groups is 1. The number of guanidine groups is 1. The minimum absolute atomic E-state index is 0.430. The average molecular weight is 383 g/mol. The second kappa shape index (κ2) is 9.44. The summed E-state index contributed by atoms with van der Waals surface area (Å²) >= 11 is 2.04. The smallest absolute Gasteiger partial charge is 0.191 e. The average Bonchev–Trinajstić information content (AvgIpc) is 3.31. The van der Waals surface area contributed by atoms with Gasteiger partial charge in [-0.05, 0) is 50.0 Å². The van der Waals surface area contributed by atoms with Crippen molar-refractivity contribution in [3.8, 4) is 0 Å². The van der Waals surface area contributed by atoms with Crippen LogP contribution in [0.4, 0.5) is 14.5 Å². The number of halogens is 2. The minimum Gasteiger partial charge on any atom is -0.371 e. The van der Waals surface area contributed by atoms with E-state index in [0.717, 1.165) is 50.8 Å². The van der Waals surface area contributed by atoms with Gasteiger partial charge in [-0.1, -0.05) is 0 Å². The molecule has 0 radical (unpaired) electrons. The van der Waals surface area contributed by atoms with Crippen molar-refractivity contribution >= 4 is 23.4 Å². The lowest BCUT2D eigenvalue weighted by molar-refractivity contribution is 0.508. The molecular weight excluding hydrogens is 354 g/mol. The van der Waals surface area contributed by atoms with Gasteiger partial charge in [0.15, 0.2) is 17.6 Å². The molecule has 26 heavy (non-hydrogen) atoms. The fourth-order valence-corrected chi connectivity index (χ4v) is 4.68. The van der Waals surface area contributed by atoms with E-state index in [4.69, 9.17) is 4.99 Å². The molecule has 0 aliphatic carbocycles. The first-order valence-corrected chi connectivity index (χ1v) is 10.5. The SMILES string of the molecule is CCNC(=NCC1CCN(c2ccc(F)c(F)c2)C1)NCC1CCCS1. The minimum atomic E-state index is -0.795. The summed E-state index contributed by atoms with van der Waals surface area (Å²) in [5.74, 6) is 0.996. The van der Waals surface area contributed by atoms with Crippen molar-refractivity contribution < 1.29 is 8.78 Å². The predicted octanol–water partition coefficient (Wildman–Crippen LogP) is 3.24. The summed E-state index contributed by atoms with van der Waals surface area (Å²) in [4.78, 5) is 6.85. The molecule has 0 saturated carbocycles. The molecule has 2 fully saturated rings. The molecule has 7 heteroatoms. The van der Waals surface area contributed by atoms with E-state index in [1.807, 2.05) is 11.8 Å². The van der Waals surface area contributed by atoms with Crippen molar-refractivity contribution in [1.82, 2.24) is 10.6 Å². The standard InChI is InChI=1S/C19H28F2N4S/c1-2-22-19(24-12-16-4-3-9-26-16)23-11-14-7-8-25(13-14)15-5-6-17(20)18(21)10-15/h5-6,10,14,16H,2-4,7-9,11-13H2,1H3,(H2,22,23,24). The molecule has 3 rings (SSSR count). The van der Waals surface area contributed by atoms with Crippen molar-refractivity contribution in [3.05, 3.63) is 29.8 Å². The summed E-state index contributed by atoms with van der Waals surface area (Å²) in [7, 11) is 0. The highest BCUT2D eigenvalue weighted by Crippen LogP contribution is 2.26. The first-order chi connectivity index (χ1) is 12.7. The van der Waals surface area contributed by atoms with Crippen LogP contribution in [0.2, 0.25) is 0 Å². The molecule has 1 aromatic carbocycles. The zero-order valence-electron chi connectivity index (χ0n) is 15.3. The van der Waals surface area contributed by atoms with Gasteiger partial charge in [-0.3, -0.25) is 4.99 Å². The van der Waals surface area contributed by atoms with Crippen molar-refractivity contribution in [2.45, 2.75) is 31.4 Å². The van der Waals surface area contributed by atoms with Gasteiger partial charge in [0.1, 0.15) is 0 Å². The van der Waals surface area contributed by atoms with E-state index in [1.165, 1.54) is 30.7 Å². The van der Waals surface area contributed by atoms with E-state index >= 15 is 0 Å². The Kier molecular flexibility index (Phi) is 7.00. The fraction of sp³-hybridized carbons (Fsp3) is 0.632. The van der Waals surface area contributed by atoms with Gasteiger partial charge < -0.3 is 15.5 Å². The molecule has 1 aromatic rings. The molecule has 4 nitrogen and oxygen atoms in total. The molecular formula is C19H28F2N4S. The Morgan fingerprint density at radius 3 is 2.88 bits per heavy atom. The molecule has 2 aliphatic heterocycles. The van der Waals surface area contributed by atoms with Crippen molar-refractivity contribution in [1.29, 1.82) is 0 Å². The summed E-state index contributed by atoms with van der Waals surface area (Å²) in [5, 5.41) is 7.46. The third-order valence-corrected chi connectivity index (χ3v) is 6.33. The molecule has 0 amide bonds. The molecule has 2 saturated heterocycles. The lowest BCUT2D eigenvalue weighted by Gasteiger charge is -2.19. The number of anilines is 1. The maximum Gasteiger partial charge on any atom is 0.191 e. The van der Waals surface area contributed by atoms with Crippen LogP contribution < -0.4 is 15.5 Å². The number of benzene rings is 1. The highest BCUT2D eigenvalue weighted by Gasteiger charge is 2.23. The van der Waals surface area contributed by atoms with Crippen LogP contribution in [0.1, 0.15) is 26.2 Å². The Labute approximate surface area is 158 Å². The van der Waals surface area contributed by atoms with E-state index in [2.05, 4.69) is 22.5 Å². The highest BCUT2D eigenvalue weighted by molar-refractivity contribution is 8.00. The Hall–Kier alpha value is -1.50. The van der Waals surface area contributed by atoms with Crippen molar-refractivity contribution in [2.24, 2.45) is 10.9 Å². The monoisotopic (exact) mass is 382 g/mol. The lowest BCUT2D eigenvalue weighted by Crippen LogP contribution is -2.40. The molecule has 2 atom stereocenters. The van der Waals surface area contributed by atoms with Crippen LogP contribution in [0.15, 0.2) is 23.2 Å². The second-order valence-corrected chi connectivity index (χ2v) is 8.34. The van der Waals surface area contributed by atoms with E-state index < -0.39 is 11.6 Å². The molecule has 0 bridgehead atoms. The van der Waals surface area contributed by atoms with Crippen LogP contribution >= 0.6 is 11.8 Å². The van der Waals surface area contributed by atoms with E-state index in [9.17, 15) is 8.78 Å². The Bertz CT molecular complexity index is 620. The van der Waals surface area contributed by atoms with Gasteiger partial charge in [0.05, 0.1) is 0 Å². The van der Waals surface area contributed by atoms with Crippen LogP contribution in [-0.2, 0) is 0 Å². The van der Waals surface area contributed by atoms with Crippen molar-refractivity contribution in [2.75, 3.05) is 43.4 Å². The Balaban J connectivity index is 1.50. The maximum absolute atomic E-state index is 13.4. The van der Waals surface area contributed by atoms with Crippen LogP contribution in [0.5, 0.6) is 0 Å². The molecule has 2 aliphatic rings. The van der Waals surface area contributed by atoms with Gasteiger partial charge in [-0.2, -0.15) is 11.8 Å². The molecule has 2 heterocycles. The number of hydrogen-bond donors (Lipinski definition) is 2. The van der Waals surface area contributed by atoms with E-state index in [-0.39, 0.29) is 0 Å². The summed E-state index contributed by atoms with van der Waals surface area (Å²) in [6, 6.07) is 4.13.